The molecular formula is C10H20N2O2. The molecule has 82 valence electrons. The van der Waals surface area contributed by atoms with Crippen LogP contribution in [0.4, 0.5) is 0 Å². The first kappa shape index (κ1) is 10.4. The number of hydrogen-bond donors (Lipinski definition) is 1. The van der Waals surface area contributed by atoms with Crippen molar-refractivity contribution in [1.29, 1.82) is 0 Å². The van der Waals surface area contributed by atoms with Gasteiger partial charge in [0.1, 0.15) is 0 Å². The summed E-state index contributed by atoms with van der Waals surface area (Å²) in [6.45, 7) is 8.56. The third-order valence-corrected chi connectivity index (χ3v) is 3.38. The van der Waals surface area contributed by atoms with Gasteiger partial charge < -0.3 is 14.7 Å². The molecule has 0 spiro atoms. The number of rotatable bonds is 2. The Morgan fingerprint density at radius 1 is 1.36 bits per heavy atom. The van der Waals surface area contributed by atoms with Crippen molar-refractivity contribution in [1.82, 2.24) is 9.80 Å². The van der Waals surface area contributed by atoms with Crippen LogP contribution in [-0.2, 0) is 4.74 Å². The summed E-state index contributed by atoms with van der Waals surface area (Å²) in [7, 11) is 0. The fourth-order valence-corrected chi connectivity index (χ4v) is 2.43. The number of nitrogens with zero attached hydrogens (tertiary/aromatic N) is 2. The first-order chi connectivity index (χ1) is 6.85. The molecule has 0 aromatic heterocycles. The zero-order valence-electron chi connectivity index (χ0n) is 8.85. The average Bonchev–Trinajstić information content (AvgIpc) is 2.27. The first-order valence-electron chi connectivity index (χ1n) is 5.54. The van der Waals surface area contributed by atoms with E-state index in [-0.39, 0.29) is 12.7 Å². The van der Waals surface area contributed by atoms with Crippen molar-refractivity contribution in [2.24, 2.45) is 0 Å². The van der Waals surface area contributed by atoms with Gasteiger partial charge in [-0.05, 0) is 6.54 Å². The number of morpholine rings is 1. The number of fused-ring (bicyclic) bond motifs is 1. The summed E-state index contributed by atoms with van der Waals surface area (Å²) in [5, 5.41) is 9.22. The van der Waals surface area contributed by atoms with E-state index in [0.29, 0.717) is 6.04 Å². The third-order valence-electron chi connectivity index (χ3n) is 3.38. The molecule has 2 rings (SSSR count). The minimum atomic E-state index is 0.0260. The zero-order chi connectivity index (χ0) is 9.97. The molecule has 1 N–H and O–H groups in total. The van der Waals surface area contributed by atoms with Crippen molar-refractivity contribution in [3.8, 4) is 0 Å². The van der Waals surface area contributed by atoms with E-state index in [1.165, 1.54) is 0 Å². The summed E-state index contributed by atoms with van der Waals surface area (Å²) in [6.07, 6.45) is 0.0260. The second kappa shape index (κ2) is 4.57. The molecule has 0 radical (unpaired) electrons. The predicted octanol–water partition coefficient (Wildman–Crippen LogP) is -0.616. The summed E-state index contributed by atoms with van der Waals surface area (Å²) in [5.74, 6) is 0. The lowest BCUT2D eigenvalue weighted by atomic mass is 10.0. The van der Waals surface area contributed by atoms with Crippen LogP contribution in [-0.4, -0.2) is 73.0 Å². The van der Waals surface area contributed by atoms with Gasteiger partial charge in [0.2, 0.25) is 0 Å². The Labute approximate surface area is 85.4 Å². The maximum Gasteiger partial charge on any atom is 0.0973 e. The summed E-state index contributed by atoms with van der Waals surface area (Å²) in [6, 6.07) is 0.405. The monoisotopic (exact) mass is 200 g/mol. The molecule has 0 amide bonds. The molecule has 4 nitrogen and oxygen atoms in total. The van der Waals surface area contributed by atoms with E-state index in [1.807, 2.05) is 0 Å². The van der Waals surface area contributed by atoms with E-state index in [4.69, 9.17) is 4.74 Å². The van der Waals surface area contributed by atoms with Crippen molar-refractivity contribution in [3.63, 3.8) is 0 Å². The SMILES string of the molecule is CCN1CCN2CCO[C@H](CO)[C@@H]2C1. The highest BCUT2D eigenvalue weighted by Crippen LogP contribution is 2.18. The summed E-state index contributed by atoms with van der Waals surface area (Å²) < 4.78 is 5.57. The lowest BCUT2D eigenvalue weighted by Gasteiger charge is -2.46. The lowest BCUT2D eigenvalue weighted by molar-refractivity contribution is -0.113. The number of piperazine rings is 1. The lowest BCUT2D eigenvalue weighted by Crippen LogP contribution is -2.62. The fourth-order valence-electron chi connectivity index (χ4n) is 2.43. The van der Waals surface area contributed by atoms with Gasteiger partial charge in [-0.15, -0.1) is 0 Å². The molecule has 2 heterocycles. The molecule has 0 bridgehead atoms. The molecule has 2 aliphatic rings. The van der Waals surface area contributed by atoms with Crippen LogP contribution in [0, 0.1) is 0 Å². The third kappa shape index (κ3) is 1.93. The Morgan fingerprint density at radius 3 is 2.93 bits per heavy atom. The molecule has 0 saturated carbocycles. The van der Waals surface area contributed by atoms with Gasteiger partial charge in [-0.2, -0.15) is 0 Å². The number of ether oxygens (including phenoxy) is 1. The Balaban J connectivity index is 1.98. The maximum absolute atomic E-state index is 9.22. The smallest absolute Gasteiger partial charge is 0.0973 e. The maximum atomic E-state index is 9.22. The van der Waals surface area contributed by atoms with Gasteiger partial charge in [0.15, 0.2) is 0 Å². The second-order valence-corrected chi connectivity index (χ2v) is 4.09. The molecule has 4 heteroatoms. The van der Waals surface area contributed by atoms with Crippen molar-refractivity contribution < 1.29 is 9.84 Å². The molecule has 14 heavy (non-hydrogen) atoms. The molecule has 2 atom stereocenters. The van der Waals surface area contributed by atoms with Crippen molar-refractivity contribution in [3.05, 3.63) is 0 Å². The Morgan fingerprint density at radius 2 is 2.21 bits per heavy atom. The molecule has 2 fully saturated rings. The Hall–Kier alpha value is -0.160. The minimum Gasteiger partial charge on any atom is -0.394 e. The highest BCUT2D eigenvalue weighted by atomic mass is 16.5. The quantitative estimate of drug-likeness (QED) is 0.645. The van der Waals surface area contributed by atoms with Gasteiger partial charge in [0.25, 0.3) is 0 Å². The molecule has 0 aromatic rings. The average molecular weight is 200 g/mol. The molecule has 0 unspecified atom stereocenters. The van der Waals surface area contributed by atoms with Crippen LogP contribution in [0.2, 0.25) is 0 Å². The van der Waals surface area contributed by atoms with Crippen LogP contribution in [0.1, 0.15) is 6.92 Å². The Bertz CT molecular complexity index is 183. The summed E-state index contributed by atoms with van der Waals surface area (Å²) in [5.41, 5.74) is 0. The van der Waals surface area contributed by atoms with Crippen LogP contribution in [0.5, 0.6) is 0 Å². The van der Waals surface area contributed by atoms with Crippen LogP contribution >= 0.6 is 0 Å². The van der Waals surface area contributed by atoms with Crippen molar-refractivity contribution in [2.75, 3.05) is 45.9 Å². The number of hydrogen-bond acceptors (Lipinski definition) is 4. The molecule has 0 aliphatic carbocycles. The van der Waals surface area contributed by atoms with Crippen molar-refractivity contribution >= 4 is 0 Å². The number of aliphatic hydroxyl groups excluding tert-OH is 1. The van der Waals surface area contributed by atoms with E-state index in [0.717, 1.165) is 39.3 Å². The van der Waals surface area contributed by atoms with Gasteiger partial charge in [0, 0.05) is 26.2 Å². The van der Waals surface area contributed by atoms with Gasteiger partial charge in [0.05, 0.1) is 25.4 Å². The van der Waals surface area contributed by atoms with Gasteiger partial charge >= 0.3 is 0 Å². The Kier molecular flexibility index (Phi) is 3.38. The molecule has 2 saturated heterocycles. The van der Waals surface area contributed by atoms with Crippen LogP contribution in [0.15, 0.2) is 0 Å². The fraction of sp³-hybridized carbons (Fsp3) is 1.00. The molecular weight excluding hydrogens is 180 g/mol. The highest BCUT2D eigenvalue weighted by Gasteiger charge is 2.35. The topological polar surface area (TPSA) is 35.9 Å². The first-order valence-corrected chi connectivity index (χ1v) is 5.54. The van der Waals surface area contributed by atoms with E-state index >= 15 is 0 Å². The van der Waals surface area contributed by atoms with E-state index in [9.17, 15) is 5.11 Å². The van der Waals surface area contributed by atoms with E-state index in [1.54, 1.807) is 0 Å². The van der Waals surface area contributed by atoms with Gasteiger partial charge in [-0.1, -0.05) is 6.92 Å². The van der Waals surface area contributed by atoms with Gasteiger partial charge in [-0.25, -0.2) is 0 Å². The van der Waals surface area contributed by atoms with E-state index < -0.39 is 0 Å². The second-order valence-electron chi connectivity index (χ2n) is 4.09. The minimum absolute atomic E-state index is 0.0260. The van der Waals surface area contributed by atoms with E-state index in [2.05, 4.69) is 16.7 Å². The molecule has 0 aromatic carbocycles. The van der Waals surface area contributed by atoms with Crippen LogP contribution in [0.3, 0.4) is 0 Å². The zero-order valence-corrected chi connectivity index (χ0v) is 8.85. The summed E-state index contributed by atoms with van der Waals surface area (Å²) in [4.78, 5) is 4.88. The normalized spacial score (nSPS) is 35.6. The predicted molar refractivity (Wildman–Crippen MR) is 54.3 cm³/mol. The summed E-state index contributed by atoms with van der Waals surface area (Å²) >= 11 is 0. The van der Waals surface area contributed by atoms with Crippen LogP contribution < -0.4 is 0 Å². The number of aliphatic hydroxyl groups is 1. The van der Waals surface area contributed by atoms with Gasteiger partial charge in [-0.3, -0.25) is 4.90 Å². The largest absolute Gasteiger partial charge is 0.394 e. The van der Waals surface area contributed by atoms with Crippen molar-refractivity contribution in [2.45, 2.75) is 19.1 Å². The standard InChI is InChI=1S/C10H20N2O2/c1-2-11-3-4-12-5-6-14-10(8-13)9(12)7-11/h9-10,13H,2-8H2,1H3/t9-,10+/m0/s1. The number of likely N-dealkylation sites (N-methyl/N-ethyl adjacent to an activating group) is 1. The highest BCUT2D eigenvalue weighted by molar-refractivity contribution is 4.89. The molecule has 2 aliphatic heterocycles. The van der Waals surface area contributed by atoms with Crippen LogP contribution in [0.25, 0.3) is 0 Å².